The van der Waals surface area contributed by atoms with Crippen LogP contribution in [0.4, 0.5) is 17.1 Å². The number of nitro benzene ring substituents is 2. The molecule has 0 atom stereocenters. The van der Waals surface area contributed by atoms with Crippen molar-refractivity contribution < 1.29 is 9.85 Å². The van der Waals surface area contributed by atoms with Crippen molar-refractivity contribution in [2.45, 2.75) is 6.92 Å². The highest BCUT2D eigenvalue weighted by Gasteiger charge is 2.19. The number of thiazole rings is 1. The molecular weight excluding hydrogens is 346 g/mol. The second-order valence-corrected chi connectivity index (χ2v) is 6.04. The van der Waals surface area contributed by atoms with E-state index in [1.54, 1.807) is 6.92 Å². The first kappa shape index (κ1) is 16.5. The maximum absolute atomic E-state index is 11.1. The van der Waals surface area contributed by atoms with E-state index in [0.717, 1.165) is 16.3 Å². The molecule has 3 rings (SSSR count). The molecule has 1 heterocycles. The summed E-state index contributed by atoms with van der Waals surface area (Å²) in [5, 5.41) is 26.7. The van der Waals surface area contributed by atoms with Crippen molar-refractivity contribution in [3.8, 4) is 0 Å². The lowest BCUT2D eigenvalue weighted by Gasteiger charge is -2.03. The number of hydrogen-bond donors (Lipinski definition) is 1. The van der Waals surface area contributed by atoms with Crippen LogP contribution in [0.1, 0.15) is 11.9 Å². The van der Waals surface area contributed by atoms with Crippen molar-refractivity contribution in [3.05, 3.63) is 67.7 Å². The van der Waals surface area contributed by atoms with Crippen molar-refractivity contribution in [2.75, 3.05) is 5.43 Å². The first-order valence-electron chi connectivity index (χ1n) is 7.05. The van der Waals surface area contributed by atoms with Gasteiger partial charge in [-0.05, 0) is 25.1 Å². The van der Waals surface area contributed by atoms with Gasteiger partial charge in [0.25, 0.3) is 5.69 Å². The Balaban J connectivity index is 1.90. The quantitative estimate of drug-likeness (QED) is 0.419. The van der Waals surface area contributed by atoms with Crippen LogP contribution in [0.3, 0.4) is 0 Å². The average Bonchev–Trinajstić information content (AvgIpc) is 3.03. The number of hydrazone groups is 1. The predicted octanol–water partition coefficient (Wildman–Crippen LogP) is 3.95. The summed E-state index contributed by atoms with van der Waals surface area (Å²) in [5.74, 6) is 0. The fourth-order valence-electron chi connectivity index (χ4n) is 2.10. The molecule has 0 aliphatic rings. The summed E-state index contributed by atoms with van der Waals surface area (Å²) < 4.78 is 1.01. The maximum atomic E-state index is 11.1. The number of hydrogen-bond acceptors (Lipinski definition) is 8. The molecule has 0 fully saturated rings. The van der Waals surface area contributed by atoms with Gasteiger partial charge >= 0.3 is 5.69 Å². The van der Waals surface area contributed by atoms with E-state index in [1.165, 1.54) is 23.5 Å². The number of nitrogens with one attached hydrogen (secondary N) is 1. The third-order valence-electron chi connectivity index (χ3n) is 3.34. The molecular formula is C15H11N5O4S. The van der Waals surface area contributed by atoms with Crippen LogP contribution < -0.4 is 5.43 Å². The van der Waals surface area contributed by atoms with Crippen LogP contribution in [-0.4, -0.2) is 20.5 Å². The van der Waals surface area contributed by atoms with Gasteiger partial charge in [-0.2, -0.15) is 5.10 Å². The van der Waals surface area contributed by atoms with Crippen LogP contribution in [0.2, 0.25) is 0 Å². The fraction of sp³-hybridized carbons (Fsp3) is 0.0667. The first-order valence-corrected chi connectivity index (χ1v) is 7.86. The molecule has 0 saturated carbocycles. The van der Waals surface area contributed by atoms with E-state index in [1.807, 2.05) is 24.3 Å². The van der Waals surface area contributed by atoms with Gasteiger partial charge in [0.05, 0.1) is 31.8 Å². The number of para-hydroxylation sites is 1. The van der Waals surface area contributed by atoms with E-state index in [9.17, 15) is 20.2 Å². The summed E-state index contributed by atoms with van der Waals surface area (Å²) in [5.41, 5.74) is 3.28. The zero-order valence-electron chi connectivity index (χ0n) is 12.9. The summed E-state index contributed by atoms with van der Waals surface area (Å²) in [4.78, 5) is 24.9. The van der Waals surface area contributed by atoms with E-state index >= 15 is 0 Å². The molecule has 2 aromatic carbocycles. The Kier molecular flexibility index (Phi) is 4.35. The minimum Gasteiger partial charge on any atom is -0.271 e. The lowest BCUT2D eigenvalue weighted by molar-refractivity contribution is -0.393. The van der Waals surface area contributed by atoms with Crippen LogP contribution in [0.5, 0.6) is 0 Å². The van der Waals surface area contributed by atoms with Gasteiger partial charge in [0, 0.05) is 6.07 Å². The smallest absolute Gasteiger partial charge is 0.271 e. The average molecular weight is 357 g/mol. The summed E-state index contributed by atoms with van der Waals surface area (Å²) in [6.07, 6.45) is 0. The number of nitrogens with zero attached hydrogens (tertiary/aromatic N) is 4. The van der Waals surface area contributed by atoms with Crippen molar-refractivity contribution >= 4 is 44.3 Å². The fourth-order valence-corrected chi connectivity index (χ4v) is 3.01. The first-order chi connectivity index (χ1) is 12.0. The van der Waals surface area contributed by atoms with Crippen molar-refractivity contribution in [3.63, 3.8) is 0 Å². The second-order valence-electron chi connectivity index (χ2n) is 5.01. The number of non-ortho nitro benzene ring substituents is 1. The normalized spacial score (nSPS) is 11.5. The zero-order chi connectivity index (χ0) is 18.0. The molecule has 0 spiro atoms. The number of nitro groups is 2. The Morgan fingerprint density at radius 3 is 2.60 bits per heavy atom. The lowest BCUT2D eigenvalue weighted by Crippen LogP contribution is -2.02. The van der Waals surface area contributed by atoms with Crippen LogP contribution >= 0.6 is 11.3 Å². The standard InChI is InChI=1S/C15H11N5O4S/c1-9(15-16-12-4-2-3-5-14(12)25-15)17-18-11-7-6-10(19(21)22)8-13(11)20(23)24/h2-8,18H,1H3/b17-9-. The second kappa shape index (κ2) is 6.61. The number of rotatable bonds is 5. The highest BCUT2D eigenvalue weighted by atomic mass is 32.1. The maximum Gasteiger partial charge on any atom is 0.301 e. The molecule has 0 radical (unpaired) electrons. The molecule has 0 amide bonds. The Hall–Kier alpha value is -3.40. The van der Waals surface area contributed by atoms with Crippen molar-refractivity contribution in [1.29, 1.82) is 0 Å². The minimum atomic E-state index is -0.697. The SMILES string of the molecule is C/C(=N/Nc1ccc([N+](=O)[O-])cc1[N+](=O)[O-])c1nc2ccccc2s1. The minimum absolute atomic E-state index is 0.0658. The molecule has 25 heavy (non-hydrogen) atoms. The van der Waals surface area contributed by atoms with Crippen molar-refractivity contribution in [1.82, 2.24) is 4.98 Å². The Morgan fingerprint density at radius 1 is 1.16 bits per heavy atom. The summed E-state index contributed by atoms with van der Waals surface area (Å²) >= 11 is 1.45. The molecule has 1 aromatic heterocycles. The van der Waals surface area contributed by atoms with Gasteiger partial charge in [-0.3, -0.25) is 25.7 Å². The Labute approximate surface area is 144 Å². The van der Waals surface area contributed by atoms with Crippen molar-refractivity contribution in [2.24, 2.45) is 5.10 Å². The molecule has 3 aromatic rings. The van der Waals surface area contributed by atoms with Gasteiger partial charge in [-0.15, -0.1) is 11.3 Å². The monoisotopic (exact) mass is 357 g/mol. The summed E-state index contributed by atoms with van der Waals surface area (Å²) in [6, 6.07) is 11.0. The van der Waals surface area contributed by atoms with Crippen LogP contribution in [0.25, 0.3) is 10.2 Å². The predicted molar refractivity (Wildman–Crippen MR) is 95.2 cm³/mol. The highest BCUT2D eigenvalue weighted by Crippen LogP contribution is 2.29. The van der Waals surface area contributed by atoms with Crippen LogP contribution in [0, 0.1) is 20.2 Å². The van der Waals surface area contributed by atoms with Crippen LogP contribution in [-0.2, 0) is 0 Å². The lowest BCUT2D eigenvalue weighted by atomic mass is 10.2. The van der Waals surface area contributed by atoms with E-state index in [4.69, 9.17) is 0 Å². The van der Waals surface area contributed by atoms with E-state index < -0.39 is 15.5 Å². The third kappa shape index (κ3) is 3.43. The molecule has 0 aliphatic carbocycles. The highest BCUT2D eigenvalue weighted by molar-refractivity contribution is 7.20. The summed E-state index contributed by atoms with van der Waals surface area (Å²) in [7, 11) is 0. The molecule has 0 saturated heterocycles. The van der Waals surface area contributed by atoms with E-state index in [0.29, 0.717) is 10.7 Å². The number of fused-ring (bicyclic) bond motifs is 1. The van der Waals surface area contributed by atoms with Gasteiger partial charge in [0.1, 0.15) is 10.7 Å². The molecule has 126 valence electrons. The molecule has 9 nitrogen and oxygen atoms in total. The Morgan fingerprint density at radius 2 is 1.92 bits per heavy atom. The van der Waals surface area contributed by atoms with E-state index in [2.05, 4.69) is 15.5 Å². The van der Waals surface area contributed by atoms with Gasteiger partial charge in [-0.25, -0.2) is 4.98 Å². The number of anilines is 1. The molecule has 1 N–H and O–H groups in total. The number of aromatic nitrogens is 1. The van der Waals surface area contributed by atoms with Gasteiger partial charge in [0.15, 0.2) is 0 Å². The van der Waals surface area contributed by atoms with E-state index in [-0.39, 0.29) is 11.4 Å². The molecule has 0 aliphatic heterocycles. The zero-order valence-corrected chi connectivity index (χ0v) is 13.7. The molecule has 0 bridgehead atoms. The van der Waals surface area contributed by atoms with Crippen LogP contribution in [0.15, 0.2) is 47.6 Å². The largest absolute Gasteiger partial charge is 0.301 e. The topological polar surface area (TPSA) is 124 Å². The van der Waals surface area contributed by atoms with Gasteiger partial charge in [0.2, 0.25) is 0 Å². The van der Waals surface area contributed by atoms with Gasteiger partial charge < -0.3 is 0 Å². The molecule has 10 heteroatoms. The number of benzene rings is 2. The third-order valence-corrected chi connectivity index (χ3v) is 4.48. The molecule has 0 unspecified atom stereocenters. The Bertz CT molecular complexity index is 981. The summed E-state index contributed by atoms with van der Waals surface area (Å²) in [6.45, 7) is 1.72. The van der Waals surface area contributed by atoms with Gasteiger partial charge in [-0.1, -0.05) is 12.1 Å².